The fourth-order valence-electron chi connectivity index (χ4n) is 13.7. The molecule has 0 saturated carbocycles. The van der Waals surface area contributed by atoms with Crippen LogP contribution in [0.4, 0.5) is 28.4 Å². The summed E-state index contributed by atoms with van der Waals surface area (Å²) < 4.78 is 0. The predicted octanol–water partition coefficient (Wildman–Crippen LogP) is 17.7. The first kappa shape index (κ1) is 46.5. The Labute approximate surface area is 431 Å². The lowest BCUT2D eigenvalue weighted by molar-refractivity contribution is 0.332. The molecule has 0 atom stereocenters. The van der Waals surface area contributed by atoms with Crippen LogP contribution in [0.3, 0.4) is 0 Å². The number of nitrogens with zero attached hydrogens (tertiary/aromatic N) is 2. The van der Waals surface area contributed by atoms with Crippen molar-refractivity contribution in [3.63, 3.8) is 0 Å². The number of fused-ring (bicyclic) bond motifs is 9. The van der Waals surface area contributed by atoms with E-state index in [0.717, 1.165) is 12.8 Å². The zero-order chi connectivity index (χ0) is 49.8. The fourth-order valence-corrected chi connectivity index (χ4v) is 13.7. The van der Waals surface area contributed by atoms with E-state index in [1.165, 1.54) is 167 Å². The van der Waals surface area contributed by atoms with Gasteiger partial charge in [-0.1, -0.05) is 171 Å². The van der Waals surface area contributed by atoms with Gasteiger partial charge in [-0.3, -0.25) is 0 Å². The van der Waals surface area contributed by atoms with Crippen LogP contribution in [-0.4, -0.2) is 6.85 Å². The number of anilines is 5. The normalized spacial score (nSPS) is 16.1. The van der Waals surface area contributed by atoms with E-state index in [9.17, 15) is 0 Å². The topological polar surface area (TPSA) is 6.48 Å². The lowest BCUT2D eigenvalue weighted by atomic mass is 9.42. The highest BCUT2D eigenvalue weighted by molar-refractivity contribution is 6.93. The molecule has 72 heavy (non-hydrogen) atoms. The van der Waals surface area contributed by atoms with Crippen molar-refractivity contribution in [1.82, 2.24) is 0 Å². The smallest absolute Gasteiger partial charge is 0.333 e. The Balaban J connectivity index is 1.26. The van der Waals surface area contributed by atoms with E-state index in [0.29, 0.717) is 0 Å². The number of benzene rings is 8. The Morgan fingerprint density at radius 3 is 1.85 bits per heavy atom. The van der Waals surface area contributed by atoms with Gasteiger partial charge in [-0.15, -0.1) is 0 Å². The molecule has 0 radical (unpaired) electrons. The van der Waals surface area contributed by atoms with Gasteiger partial charge in [-0.2, -0.15) is 0 Å². The third kappa shape index (κ3) is 7.19. The molecule has 8 aromatic carbocycles. The van der Waals surface area contributed by atoms with Crippen LogP contribution < -0.4 is 20.6 Å². The molecule has 3 heteroatoms. The molecule has 2 heterocycles. The van der Waals surface area contributed by atoms with Gasteiger partial charge in [-0.05, 0) is 201 Å². The van der Waals surface area contributed by atoms with Gasteiger partial charge in [0.25, 0.3) is 0 Å². The Hall–Kier alpha value is -6.58. The second-order valence-electron chi connectivity index (χ2n) is 23.7. The molecule has 0 saturated heterocycles. The standard InChI is InChI=1S/C69H71BN2/c1-11-13-23-46-29-32-50(33-30-46)72-61-43-58-57(67(5,6)37-38-68(58,7)8)42-54(61)55-40-49(63-44(3)21-20-22-45(63)4)41-62-65(55)70(72)59-35-34-52-51-27-18-19-28-56(51)69(9,10)64(52)66(59)71(62)60-36-31-47(24-14-12-2)39-53(60)48-25-16-15-17-26-48/h15-22,25-36,39-43H,11-14,23-24,37-38H2,1-10H3. The van der Waals surface area contributed by atoms with Crippen LogP contribution in [-0.2, 0) is 29.1 Å². The first-order chi connectivity index (χ1) is 34.7. The third-order valence-electron chi connectivity index (χ3n) is 17.7. The highest BCUT2D eigenvalue weighted by Gasteiger charge is 2.51. The number of hydrogen-bond donors (Lipinski definition) is 0. The molecule has 12 rings (SSSR count). The van der Waals surface area contributed by atoms with Gasteiger partial charge in [-0.25, -0.2) is 0 Å². The van der Waals surface area contributed by atoms with Crippen molar-refractivity contribution < 1.29 is 0 Å². The maximum absolute atomic E-state index is 2.78. The summed E-state index contributed by atoms with van der Waals surface area (Å²) in [7, 11) is 0. The maximum atomic E-state index is 2.78. The largest absolute Gasteiger partial charge is 0.376 e. The van der Waals surface area contributed by atoms with Crippen LogP contribution in [0.15, 0.2) is 152 Å². The summed E-state index contributed by atoms with van der Waals surface area (Å²) >= 11 is 0. The monoisotopic (exact) mass is 939 g/mol. The quantitative estimate of drug-likeness (QED) is 0.126. The van der Waals surface area contributed by atoms with Gasteiger partial charge >= 0.3 is 6.85 Å². The molecule has 360 valence electrons. The van der Waals surface area contributed by atoms with Crippen LogP contribution >= 0.6 is 0 Å². The average molecular weight is 939 g/mol. The Bertz CT molecular complexity index is 3420. The lowest BCUT2D eigenvalue weighted by Crippen LogP contribution is -2.62. The summed E-state index contributed by atoms with van der Waals surface area (Å²) in [5, 5.41) is 0. The van der Waals surface area contributed by atoms with Crippen molar-refractivity contribution >= 4 is 46.2 Å². The lowest BCUT2D eigenvalue weighted by Gasteiger charge is -2.49. The molecule has 0 aromatic heterocycles. The van der Waals surface area contributed by atoms with E-state index in [1.54, 1.807) is 0 Å². The van der Waals surface area contributed by atoms with Gasteiger partial charge in [0.2, 0.25) is 0 Å². The number of hydrogen-bond acceptors (Lipinski definition) is 2. The van der Waals surface area contributed by atoms with E-state index >= 15 is 0 Å². The minimum absolute atomic E-state index is 0.0378. The summed E-state index contributed by atoms with van der Waals surface area (Å²) in [6.07, 6.45) is 9.21. The van der Waals surface area contributed by atoms with Gasteiger partial charge in [0, 0.05) is 39.3 Å². The second kappa shape index (κ2) is 17.3. The molecular weight excluding hydrogens is 868 g/mol. The summed E-state index contributed by atoms with van der Waals surface area (Å²) in [5.41, 5.74) is 30.6. The molecule has 4 aliphatic rings. The van der Waals surface area contributed by atoms with E-state index < -0.39 is 0 Å². The molecule has 2 aliphatic carbocycles. The van der Waals surface area contributed by atoms with Crippen molar-refractivity contribution in [2.75, 3.05) is 9.71 Å². The summed E-state index contributed by atoms with van der Waals surface area (Å²) in [6.45, 7) is 24.0. The third-order valence-corrected chi connectivity index (χ3v) is 17.7. The Morgan fingerprint density at radius 2 is 1.14 bits per heavy atom. The average Bonchev–Trinajstić information content (AvgIpc) is 3.62. The molecule has 2 nitrogen and oxygen atoms in total. The van der Waals surface area contributed by atoms with Crippen molar-refractivity contribution in [3.05, 3.63) is 196 Å². The van der Waals surface area contributed by atoms with Crippen LogP contribution in [0, 0.1) is 13.8 Å². The molecular formula is C69H71BN2. The molecule has 0 spiro atoms. The van der Waals surface area contributed by atoms with E-state index in [4.69, 9.17) is 0 Å². The zero-order valence-electron chi connectivity index (χ0n) is 44.6. The van der Waals surface area contributed by atoms with Crippen LogP contribution in [0.2, 0.25) is 0 Å². The van der Waals surface area contributed by atoms with Crippen LogP contribution in [0.5, 0.6) is 0 Å². The van der Waals surface area contributed by atoms with Gasteiger partial charge in [0.1, 0.15) is 0 Å². The highest BCUT2D eigenvalue weighted by Crippen LogP contribution is 2.59. The fraction of sp³-hybridized carbons (Fsp3) is 0.304. The highest BCUT2D eigenvalue weighted by atomic mass is 15.2. The first-order valence-corrected chi connectivity index (χ1v) is 27.3. The Kier molecular flexibility index (Phi) is 11.2. The minimum Gasteiger partial charge on any atom is -0.376 e. The molecule has 0 bridgehead atoms. The summed E-state index contributed by atoms with van der Waals surface area (Å²) in [6, 6.07) is 60.0. The zero-order valence-corrected chi connectivity index (χ0v) is 44.6. The minimum atomic E-state index is -0.277. The van der Waals surface area contributed by atoms with Crippen molar-refractivity contribution in [2.45, 2.75) is 137 Å². The van der Waals surface area contributed by atoms with Gasteiger partial charge < -0.3 is 9.71 Å². The van der Waals surface area contributed by atoms with Crippen LogP contribution in [0.25, 0.3) is 44.5 Å². The SMILES string of the molecule is CCCCc1ccc(N2B3c4ccc5c(c4N(c4ccc(CCCC)cc4-c4ccccc4)c4cc(-c6c(C)cccc6C)cc(c43)-c3cc4c(cc32)C(C)(C)CCC4(C)C)C(C)(C)c2ccccc2-5)cc1. The molecule has 0 N–H and O–H groups in total. The number of rotatable bonds is 10. The predicted molar refractivity (Wildman–Crippen MR) is 311 cm³/mol. The maximum Gasteiger partial charge on any atom is 0.333 e. The molecule has 0 amide bonds. The Morgan fingerprint density at radius 1 is 0.486 bits per heavy atom. The summed E-state index contributed by atoms with van der Waals surface area (Å²) in [5.74, 6) is 0. The molecule has 0 unspecified atom stereocenters. The van der Waals surface area contributed by atoms with Crippen molar-refractivity contribution in [3.8, 4) is 44.5 Å². The molecule has 2 aliphatic heterocycles. The van der Waals surface area contributed by atoms with E-state index in [1.807, 2.05) is 0 Å². The second-order valence-corrected chi connectivity index (χ2v) is 23.7. The molecule has 8 aromatic rings. The summed E-state index contributed by atoms with van der Waals surface area (Å²) in [4.78, 5) is 5.55. The van der Waals surface area contributed by atoms with Crippen LogP contribution in [0.1, 0.15) is 138 Å². The number of aryl methyl sites for hydroxylation is 4. The van der Waals surface area contributed by atoms with E-state index in [2.05, 4.69) is 231 Å². The van der Waals surface area contributed by atoms with Crippen molar-refractivity contribution in [1.29, 1.82) is 0 Å². The van der Waals surface area contributed by atoms with E-state index in [-0.39, 0.29) is 23.1 Å². The van der Waals surface area contributed by atoms with Gasteiger partial charge in [0.05, 0.1) is 5.69 Å². The first-order valence-electron chi connectivity index (χ1n) is 27.3. The molecule has 0 fully saturated rings. The van der Waals surface area contributed by atoms with Gasteiger partial charge in [0.15, 0.2) is 0 Å². The number of unbranched alkanes of at least 4 members (excludes halogenated alkanes) is 2. The van der Waals surface area contributed by atoms with Crippen molar-refractivity contribution in [2.24, 2.45) is 0 Å².